The Morgan fingerprint density at radius 2 is 2.00 bits per heavy atom. The molecule has 0 saturated carbocycles. The van der Waals surface area contributed by atoms with Crippen LogP contribution < -0.4 is 5.73 Å². The van der Waals surface area contributed by atoms with Crippen molar-refractivity contribution in [2.45, 2.75) is 12.5 Å². The largest absolute Gasteiger partial charge is 0.323 e. The zero-order chi connectivity index (χ0) is 12.4. The van der Waals surface area contributed by atoms with Gasteiger partial charge in [0, 0.05) is 15.4 Å². The van der Waals surface area contributed by atoms with Crippen LogP contribution >= 0.6 is 27.3 Å². The van der Waals surface area contributed by atoms with Crippen LogP contribution in [0, 0.1) is 11.6 Å². The molecule has 0 radical (unpaired) electrons. The van der Waals surface area contributed by atoms with Gasteiger partial charge in [-0.1, -0.05) is 6.07 Å². The van der Waals surface area contributed by atoms with E-state index in [0.29, 0.717) is 12.0 Å². The average Bonchev–Trinajstić information content (AvgIpc) is 2.70. The van der Waals surface area contributed by atoms with E-state index >= 15 is 0 Å². The Morgan fingerprint density at radius 1 is 1.24 bits per heavy atom. The summed E-state index contributed by atoms with van der Waals surface area (Å²) in [6.07, 6.45) is 0.482. The summed E-state index contributed by atoms with van der Waals surface area (Å²) in [7, 11) is 0. The zero-order valence-corrected chi connectivity index (χ0v) is 11.2. The summed E-state index contributed by atoms with van der Waals surface area (Å²) >= 11 is 4.95. The molecule has 5 heteroatoms. The van der Waals surface area contributed by atoms with Crippen molar-refractivity contribution in [1.29, 1.82) is 0 Å². The maximum Gasteiger partial charge on any atom is 0.159 e. The van der Waals surface area contributed by atoms with Crippen molar-refractivity contribution in [2.24, 2.45) is 5.73 Å². The maximum absolute atomic E-state index is 13.0. The Morgan fingerprint density at radius 3 is 2.59 bits per heavy atom. The van der Waals surface area contributed by atoms with Crippen molar-refractivity contribution in [3.63, 3.8) is 0 Å². The Bertz CT molecular complexity index is 527. The first-order valence-corrected chi connectivity index (χ1v) is 6.67. The van der Waals surface area contributed by atoms with Crippen molar-refractivity contribution in [3.05, 3.63) is 56.2 Å². The minimum Gasteiger partial charge on any atom is -0.323 e. The van der Waals surface area contributed by atoms with E-state index in [1.54, 1.807) is 17.4 Å². The highest BCUT2D eigenvalue weighted by atomic mass is 79.9. The summed E-state index contributed by atoms with van der Waals surface area (Å²) in [6.45, 7) is 0. The molecule has 90 valence electrons. The van der Waals surface area contributed by atoms with Gasteiger partial charge in [-0.25, -0.2) is 8.78 Å². The third-order valence-electron chi connectivity index (χ3n) is 2.42. The van der Waals surface area contributed by atoms with E-state index in [-0.39, 0.29) is 6.04 Å². The van der Waals surface area contributed by atoms with Crippen LogP contribution in [0.25, 0.3) is 0 Å². The standard InChI is InChI=1S/C12H10BrF2NS/c13-8-3-4-17-12(8)11(16)6-7-1-2-9(14)10(15)5-7/h1-5,11H,6,16H2. The molecule has 0 aliphatic heterocycles. The van der Waals surface area contributed by atoms with Crippen LogP contribution in [-0.2, 0) is 6.42 Å². The van der Waals surface area contributed by atoms with E-state index in [1.165, 1.54) is 6.07 Å². The van der Waals surface area contributed by atoms with Gasteiger partial charge in [-0.3, -0.25) is 0 Å². The van der Waals surface area contributed by atoms with Gasteiger partial charge in [0.25, 0.3) is 0 Å². The highest BCUT2D eigenvalue weighted by Gasteiger charge is 2.13. The summed E-state index contributed by atoms with van der Waals surface area (Å²) in [5.41, 5.74) is 6.72. The third kappa shape index (κ3) is 2.91. The van der Waals surface area contributed by atoms with E-state index in [2.05, 4.69) is 15.9 Å². The molecule has 1 aromatic heterocycles. The number of thiophene rings is 1. The molecule has 0 aliphatic carbocycles. The normalized spacial score (nSPS) is 12.7. The number of rotatable bonds is 3. The SMILES string of the molecule is NC(Cc1ccc(F)c(F)c1)c1sccc1Br. The lowest BCUT2D eigenvalue weighted by atomic mass is 10.1. The van der Waals surface area contributed by atoms with Crippen LogP contribution in [0.2, 0.25) is 0 Å². The van der Waals surface area contributed by atoms with Crippen LogP contribution in [0.1, 0.15) is 16.5 Å². The second kappa shape index (κ2) is 5.25. The van der Waals surface area contributed by atoms with Gasteiger partial charge in [0.2, 0.25) is 0 Å². The van der Waals surface area contributed by atoms with Gasteiger partial charge >= 0.3 is 0 Å². The molecule has 2 N–H and O–H groups in total. The van der Waals surface area contributed by atoms with Gasteiger partial charge in [0.05, 0.1) is 0 Å². The number of hydrogen-bond donors (Lipinski definition) is 1. The molecule has 0 aliphatic rings. The third-order valence-corrected chi connectivity index (χ3v) is 4.42. The first-order chi connectivity index (χ1) is 8.08. The van der Waals surface area contributed by atoms with E-state index in [1.807, 2.05) is 11.4 Å². The molecule has 0 bridgehead atoms. The summed E-state index contributed by atoms with van der Waals surface area (Å²) in [4.78, 5) is 1.01. The number of benzene rings is 1. The Labute approximate surface area is 110 Å². The fourth-order valence-electron chi connectivity index (χ4n) is 1.58. The molecular weight excluding hydrogens is 308 g/mol. The number of hydrogen-bond acceptors (Lipinski definition) is 2. The van der Waals surface area contributed by atoms with Gasteiger partial charge in [-0.15, -0.1) is 11.3 Å². The molecule has 0 saturated heterocycles. The van der Waals surface area contributed by atoms with E-state index in [9.17, 15) is 8.78 Å². The lowest BCUT2D eigenvalue weighted by molar-refractivity contribution is 0.506. The van der Waals surface area contributed by atoms with Crippen LogP contribution in [0.15, 0.2) is 34.1 Å². The molecule has 1 atom stereocenters. The molecule has 1 aromatic carbocycles. The summed E-state index contributed by atoms with van der Waals surface area (Å²) in [5, 5.41) is 1.94. The Hall–Kier alpha value is -0.780. The molecule has 1 unspecified atom stereocenters. The van der Waals surface area contributed by atoms with E-state index in [0.717, 1.165) is 15.4 Å². The molecule has 2 aromatic rings. The van der Waals surface area contributed by atoms with Crippen molar-refractivity contribution in [3.8, 4) is 0 Å². The summed E-state index contributed by atoms with van der Waals surface area (Å²) in [6, 6.07) is 5.58. The topological polar surface area (TPSA) is 26.0 Å². The number of nitrogens with two attached hydrogens (primary N) is 1. The van der Waals surface area contributed by atoms with Crippen molar-refractivity contribution in [2.75, 3.05) is 0 Å². The van der Waals surface area contributed by atoms with Crippen LogP contribution in [0.4, 0.5) is 8.78 Å². The first-order valence-electron chi connectivity index (χ1n) is 5.00. The van der Waals surface area contributed by atoms with Crippen molar-refractivity contribution in [1.82, 2.24) is 0 Å². The second-order valence-electron chi connectivity index (χ2n) is 3.69. The average molecular weight is 318 g/mol. The lowest BCUT2D eigenvalue weighted by Gasteiger charge is -2.10. The second-order valence-corrected chi connectivity index (χ2v) is 5.49. The van der Waals surface area contributed by atoms with Crippen LogP contribution in [-0.4, -0.2) is 0 Å². The maximum atomic E-state index is 13.0. The molecule has 1 nitrogen and oxygen atoms in total. The molecule has 1 heterocycles. The van der Waals surface area contributed by atoms with Crippen molar-refractivity contribution >= 4 is 27.3 Å². The highest BCUT2D eigenvalue weighted by Crippen LogP contribution is 2.29. The van der Waals surface area contributed by atoms with Gasteiger partial charge < -0.3 is 5.73 Å². The Kier molecular flexibility index (Phi) is 3.91. The zero-order valence-electron chi connectivity index (χ0n) is 8.79. The van der Waals surface area contributed by atoms with Crippen LogP contribution in [0.3, 0.4) is 0 Å². The quantitative estimate of drug-likeness (QED) is 0.908. The highest BCUT2D eigenvalue weighted by molar-refractivity contribution is 9.10. The molecular formula is C12H10BrF2NS. The summed E-state index contributed by atoms with van der Waals surface area (Å²) in [5.74, 6) is -1.67. The molecule has 17 heavy (non-hydrogen) atoms. The predicted octanol–water partition coefficient (Wildman–Crippen LogP) is 4.03. The van der Waals surface area contributed by atoms with Gasteiger partial charge in [-0.05, 0) is 51.5 Å². The monoisotopic (exact) mass is 317 g/mol. The Balaban J connectivity index is 2.16. The molecule has 0 fully saturated rings. The van der Waals surface area contributed by atoms with Crippen LogP contribution in [0.5, 0.6) is 0 Å². The minimum absolute atomic E-state index is 0.214. The van der Waals surface area contributed by atoms with E-state index < -0.39 is 11.6 Å². The van der Waals surface area contributed by atoms with Gasteiger partial charge in [0.1, 0.15) is 0 Å². The fraction of sp³-hybridized carbons (Fsp3) is 0.167. The molecule has 0 spiro atoms. The first kappa shape index (κ1) is 12.7. The van der Waals surface area contributed by atoms with Gasteiger partial charge in [-0.2, -0.15) is 0 Å². The lowest BCUT2D eigenvalue weighted by Crippen LogP contribution is -2.12. The molecule has 2 rings (SSSR count). The van der Waals surface area contributed by atoms with Crippen molar-refractivity contribution < 1.29 is 8.78 Å². The fourth-order valence-corrected chi connectivity index (χ4v) is 3.25. The van der Waals surface area contributed by atoms with Gasteiger partial charge in [0.15, 0.2) is 11.6 Å². The van der Waals surface area contributed by atoms with E-state index in [4.69, 9.17) is 5.73 Å². The molecule has 0 amide bonds. The number of halogens is 3. The minimum atomic E-state index is -0.834. The summed E-state index contributed by atoms with van der Waals surface area (Å²) < 4.78 is 26.7. The predicted molar refractivity (Wildman–Crippen MR) is 69.0 cm³/mol. The smallest absolute Gasteiger partial charge is 0.159 e.